The number of fused-ring (bicyclic) bond motifs is 1. The van der Waals surface area contributed by atoms with Crippen molar-refractivity contribution in [3.8, 4) is 11.1 Å². The fourth-order valence-corrected chi connectivity index (χ4v) is 3.47. The third-order valence-electron chi connectivity index (χ3n) is 4.18. The molecule has 0 saturated heterocycles. The second-order valence-electron chi connectivity index (χ2n) is 5.93. The molecular weight excluding hydrogens is 353 g/mol. The average molecular weight is 367 g/mol. The molecule has 2 amide bonds. The number of aromatic nitrogens is 1. The first-order valence-electron chi connectivity index (χ1n) is 7.97. The second-order valence-corrected chi connectivity index (χ2v) is 6.82. The standard InChI is InChI=1S/C19H14FN3O2S/c20-15-5-3-12(4-6-15)13-1-2-14-10-23(18(25)16(14)9-13)11-17(24)22-19-21-7-8-26-19/h1-9H,10-11H2,(H,21,22,24). The van der Waals surface area contributed by atoms with Crippen molar-refractivity contribution in [1.29, 1.82) is 0 Å². The minimum absolute atomic E-state index is 0.0288. The van der Waals surface area contributed by atoms with Gasteiger partial charge in [0.05, 0.1) is 0 Å². The van der Waals surface area contributed by atoms with Gasteiger partial charge in [0, 0.05) is 23.7 Å². The molecule has 0 aliphatic carbocycles. The number of hydrogen-bond donors (Lipinski definition) is 1. The van der Waals surface area contributed by atoms with Crippen molar-refractivity contribution in [2.75, 3.05) is 11.9 Å². The van der Waals surface area contributed by atoms with Crippen LogP contribution in [0.5, 0.6) is 0 Å². The van der Waals surface area contributed by atoms with Gasteiger partial charge in [-0.25, -0.2) is 9.37 Å². The van der Waals surface area contributed by atoms with E-state index in [1.54, 1.807) is 29.8 Å². The zero-order chi connectivity index (χ0) is 18.1. The largest absolute Gasteiger partial charge is 0.325 e. The highest BCUT2D eigenvalue weighted by Gasteiger charge is 2.29. The molecule has 0 spiro atoms. The summed E-state index contributed by atoms with van der Waals surface area (Å²) in [7, 11) is 0. The maximum absolute atomic E-state index is 13.1. The Morgan fingerprint density at radius 1 is 1.19 bits per heavy atom. The van der Waals surface area contributed by atoms with Crippen LogP contribution in [-0.4, -0.2) is 28.2 Å². The number of thiazole rings is 1. The number of benzene rings is 2. The van der Waals surface area contributed by atoms with Gasteiger partial charge in [0.15, 0.2) is 5.13 Å². The molecule has 1 aromatic heterocycles. The summed E-state index contributed by atoms with van der Waals surface area (Å²) in [6.07, 6.45) is 1.61. The zero-order valence-electron chi connectivity index (χ0n) is 13.6. The van der Waals surface area contributed by atoms with Gasteiger partial charge in [-0.2, -0.15) is 0 Å². The van der Waals surface area contributed by atoms with Crippen LogP contribution in [0.3, 0.4) is 0 Å². The Hall–Kier alpha value is -3.06. The van der Waals surface area contributed by atoms with Gasteiger partial charge in [0.1, 0.15) is 12.4 Å². The van der Waals surface area contributed by atoms with Gasteiger partial charge in [-0.05, 0) is 34.9 Å². The maximum atomic E-state index is 13.1. The first kappa shape index (κ1) is 16.4. The van der Waals surface area contributed by atoms with Gasteiger partial charge in [-0.15, -0.1) is 11.3 Å². The lowest BCUT2D eigenvalue weighted by Crippen LogP contribution is -2.33. The van der Waals surface area contributed by atoms with Crippen molar-refractivity contribution in [3.05, 3.63) is 71.0 Å². The van der Waals surface area contributed by atoms with Crippen LogP contribution in [0, 0.1) is 5.82 Å². The van der Waals surface area contributed by atoms with E-state index < -0.39 is 0 Å². The van der Waals surface area contributed by atoms with Crippen LogP contribution in [-0.2, 0) is 11.3 Å². The van der Waals surface area contributed by atoms with Gasteiger partial charge in [-0.3, -0.25) is 9.59 Å². The lowest BCUT2D eigenvalue weighted by Gasteiger charge is -2.14. The highest BCUT2D eigenvalue weighted by molar-refractivity contribution is 7.13. The minimum Gasteiger partial charge on any atom is -0.325 e. The molecule has 3 aromatic rings. The van der Waals surface area contributed by atoms with Crippen molar-refractivity contribution in [2.45, 2.75) is 6.54 Å². The third kappa shape index (κ3) is 3.21. The lowest BCUT2D eigenvalue weighted by molar-refractivity contribution is -0.116. The summed E-state index contributed by atoms with van der Waals surface area (Å²) in [5.41, 5.74) is 3.13. The van der Waals surface area contributed by atoms with Crippen molar-refractivity contribution >= 4 is 28.3 Å². The van der Waals surface area contributed by atoms with E-state index in [2.05, 4.69) is 10.3 Å². The number of halogens is 1. The molecule has 7 heteroatoms. The van der Waals surface area contributed by atoms with E-state index in [1.807, 2.05) is 12.1 Å². The van der Waals surface area contributed by atoms with Crippen LogP contribution in [0.4, 0.5) is 9.52 Å². The quantitative estimate of drug-likeness (QED) is 0.767. The van der Waals surface area contributed by atoms with Crippen molar-refractivity contribution < 1.29 is 14.0 Å². The molecule has 4 rings (SSSR count). The number of nitrogens with zero attached hydrogens (tertiary/aromatic N) is 2. The van der Waals surface area contributed by atoms with E-state index in [4.69, 9.17) is 0 Å². The molecule has 5 nitrogen and oxygen atoms in total. The Morgan fingerprint density at radius 3 is 2.69 bits per heavy atom. The van der Waals surface area contributed by atoms with Crippen LogP contribution in [0.2, 0.25) is 0 Å². The number of hydrogen-bond acceptors (Lipinski definition) is 4. The molecule has 130 valence electrons. The molecule has 0 radical (unpaired) electrons. The first-order valence-corrected chi connectivity index (χ1v) is 8.85. The topological polar surface area (TPSA) is 62.3 Å². The van der Waals surface area contributed by atoms with Crippen LogP contribution >= 0.6 is 11.3 Å². The van der Waals surface area contributed by atoms with Gasteiger partial charge in [0.2, 0.25) is 5.91 Å². The number of amides is 2. The molecule has 1 aliphatic heterocycles. The van der Waals surface area contributed by atoms with Crippen LogP contribution in [0.15, 0.2) is 54.0 Å². The van der Waals surface area contributed by atoms with Crippen molar-refractivity contribution in [3.63, 3.8) is 0 Å². The fraction of sp³-hybridized carbons (Fsp3) is 0.105. The molecular formula is C19H14FN3O2S. The predicted molar refractivity (Wildman–Crippen MR) is 97.3 cm³/mol. The summed E-state index contributed by atoms with van der Waals surface area (Å²) in [4.78, 5) is 30.3. The molecule has 2 aromatic carbocycles. The van der Waals surface area contributed by atoms with Gasteiger partial charge >= 0.3 is 0 Å². The third-order valence-corrected chi connectivity index (χ3v) is 4.87. The van der Waals surface area contributed by atoms with Gasteiger partial charge in [0.25, 0.3) is 5.91 Å². The Bertz CT molecular complexity index is 971. The number of anilines is 1. The van der Waals surface area contributed by atoms with E-state index in [1.165, 1.54) is 28.4 Å². The summed E-state index contributed by atoms with van der Waals surface area (Å²) in [5, 5.41) is 4.96. The highest BCUT2D eigenvalue weighted by atomic mass is 32.1. The molecule has 0 unspecified atom stereocenters. The number of carbonyl (C=O) groups is 2. The summed E-state index contributed by atoms with van der Waals surface area (Å²) in [6, 6.07) is 11.7. The first-order chi connectivity index (χ1) is 12.6. The van der Waals surface area contributed by atoms with E-state index in [9.17, 15) is 14.0 Å². The minimum atomic E-state index is -0.302. The monoisotopic (exact) mass is 367 g/mol. The maximum Gasteiger partial charge on any atom is 0.254 e. The van der Waals surface area contributed by atoms with E-state index in [0.29, 0.717) is 17.2 Å². The van der Waals surface area contributed by atoms with Crippen molar-refractivity contribution in [2.24, 2.45) is 0 Å². The highest BCUT2D eigenvalue weighted by Crippen LogP contribution is 2.28. The average Bonchev–Trinajstić information content (AvgIpc) is 3.24. The summed E-state index contributed by atoms with van der Waals surface area (Å²) >= 11 is 1.32. The Morgan fingerprint density at radius 2 is 1.96 bits per heavy atom. The van der Waals surface area contributed by atoms with E-state index in [-0.39, 0.29) is 24.2 Å². The normalized spacial score (nSPS) is 13.0. The van der Waals surface area contributed by atoms with Crippen LogP contribution < -0.4 is 5.32 Å². The smallest absolute Gasteiger partial charge is 0.254 e. The number of rotatable bonds is 4. The van der Waals surface area contributed by atoms with Gasteiger partial charge < -0.3 is 10.2 Å². The molecule has 0 saturated carbocycles. The molecule has 26 heavy (non-hydrogen) atoms. The van der Waals surface area contributed by atoms with Crippen LogP contribution in [0.1, 0.15) is 15.9 Å². The van der Waals surface area contributed by atoms with Crippen molar-refractivity contribution in [1.82, 2.24) is 9.88 Å². The molecule has 1 aliphatic rings. The summed E-state index contributed by atoms with van der Waals surface area (Å²) < 4.78 is 13.1. The van der Waals surface area contributed by atoms with Gasteiger partial charge in [-0.1, -0.05) is 24.3 Å². The molecule has 2 heterocycles. The van der Waals surface area contributed by atoms with E-state index in [0.717, 1.165) is 16.7 Å². The molecule has 0 bridgehead atoms. The fourth-order valence-electron chi connectivity index (χ4n) is 2.93. The Kier molecular flexibility index (Phi) is 4.22. The summed E-state index contributed by atoms with van der Waals surface area (Å²) in [6.45, 7) is 0.363. The number of nitrogens with one attached hydrogen (secondary N) is 1. The molecule has 1 N–H and O–H groups in total. The van der Waals surface area contributed by atoms with E-state index >= 15 is 0 Å². The molecule has 0 fully saturated rings. The molecule has 0 atom stereocenters. The second kappa shape index (κ2) is 6.68. The SMILES string of the molecule is O=C(CN1Cc2ccc(-c3ccc(F)cc3)cc2C1=O)Nc1nccs1. The lowest BCUT2D eigenvalue weighted by atomic mass is 10.0. The van der Waals surface area contributed by atoms with Crippen LogP contribution in [0.25, 0.3) is 11.1 Å². The Labute approximate surface area is 153 Å². The summed E-state index contributed by atoms with van der Waals surface area (Å²) in [5.74, 6) is -0.762. The number of carbonyl (C=O) groups excluding carboxylic acids is 2. The Balaban J connectivity index is 1.50. The predicted octanol–water partition coefficient (Wildman–Crippen LogP) is 3.54. The zero-order valence-corrected chi connectivity index (χ0v) is 14.4.